The minimum atomic E-state index is -0.432. The Bertz CT molecular complexity index is 1280. The smallest absolute Gasteiger partial charge is 0.340 e. The molecule has 10 nitrogen and oxygen atoms in total. The van der Waals surface area contributed by atoms with Crippen LogP contribution in [0.15, 0.2) is 34.5 Å². The summed E-state index contributed by atoms with van der Waals surface area (Å²) < 4.78 is 2.34. The molecule has 3 aromatic rings. The van der Waals surface area contributed by atoms with E-state index >= 15 is 0 Å². The van der Waals surface area contributed by atoms with E-state index < -0.39 is 5.69 Å². The molecule has 2 amide bonds. The number of H-pyrrole nitrogens is 2. The normalized spacial score (nSPS) is 15.3. The molecule has 1 unspecified atom stereocenters. The lowest BCUT2D eigenvalue weighted by Crippen LogP contribution is -2.38. The zero-order valence-electron chi connectivity index (χ0n) is 20.2. The standard InChI is InChI=1S/C24H31N7O3S/c1-4-16(5-2)31-19-9-8-15(11-18(19)26-21(31)12-17-7-6-10-35-17)23(33)25-13-22(32)30(3)14-20-27-24(34)29-28-20/h6,8-11,16-17H,4-5,7,12-14H2,1-3H3,(H,25,33)(H2,27,28,29,34). The van der Waals surface area contributed by atoms with Crippen LogP contribution in [0, 0.1) is 0 Å². The summed E-state index contributed by atoms with van der Waals surface area (Å²) in [7, 11) is 1.58. The van der Waals surface area contributed by atoms with Gasteiger partial charge in [0.05, 0.1) is 24.1 Å². The molecule has 1 atom stereocenters. The number of allylic oxidation sites excluding steroid dienone is 1. The van der Waals surface area contributed by atoms with Gasteiger partial charge in [0.25, 0.3) is 5.91 Å². The average Bonchev–Trinajstić information content (AvgIpc) is 3.59. The maximum atomic E-state index is 12.8. The van der Waals surface area contributed by atoms with Gasteiger partial charge in [-0.3, -0.25) is 14.6 Å². The number of carbonyl (C=O) groups excluding carboxylic acids is 2. The lowest BCUT2D eigenvalue weighted by molar-refractivity contribution is -0.129. The van der Waals surface area contributed by atoms with Crippen molar-refractivity contribution in [2.75, 3.05) is 13.6 Å². The first kappa shape index (κ1) is 24.8. The van der Waals surface area contributed by atoms with Gasteiger partial charge < -0.3 is 14.8 Å². The molecule has 186 valence electrons. The number of fused-ring (bicyclic) bond motifs is 1. The van der Waals surface area contributed by atoms with Crippen molar-refractivity contribution in [2.24, 2.45) is 0 Å². The predicted molar refractivity (Wildman–Crippen MR) is 136 cm³/mol. The van der Waals surface area contributed by atoms with Gasteiger partial charge in [0.2, 0.25) is 5.91 Å². The van der Waals surface area contributed by atoms with E-state index in [2.05, 4.69) is 50.4 Å². The van der Waals surface area contributed by atoms with Crippen molar-refractivity contribution in [1.82, 2.24) is 34.9 Å². The van der Waals surface area contributed by atoms with Crippen molar-refractivity contribution >= 4 is 34.6 Å². The highest BCUT2D eigenvalue weighted by atomic mass is 32.2. The zero-order chi connectivity index (χ0) is 24.9. The van der Waals surface area contributed by atoms with Crippen molar-refractivity contribution in [3.05, 3.63) is 57.4 Å². The van der Waals surface area contributed by atoms with Gasteiger partial charge in [-0.1, -0.05) is 19.9 Å². The molecular formula is C24H31N7O3S. The summed E-state index contributed by atoms with van der Waals surface area (Å²) in [6.07, 6.45) is 6.15. The Balaban J connectivity index is 1.47. The SMILES string of the molecule is CCC(CC)n1c(CC2CC=CS2)nc2cc(C(=O)NCC(=O)N(C)Cc3n[nH]c(=O)[nH]3)ccc21. The molecule has 11 heteroatoms. The number of aromatic amines is 2. The molecule has 1 aliphatic heterocycles. The number of likely N-dealkylation sites (N-methyl/N-ethyl adjacent to an activating group) is 1. The summed E-state index contributed by atoms with van der Waals surface area (Å²) in [4.78, 5) is 45.2. The molecule has 0 saturated heterocycles. The van der Waals surface area contributed by atoms with Gasteiger partial charge in [0, 0.05) is 30.3 Å². The third-order valence-corrected chi connectivity index (χ3v) is 7.37. The van der Waals surface area contributed by atoms with E-state index in [1.54, 1.807) is 19.2 Å². The van der Waals surface area contributed by atoms with Crippen LogP contribution in [0.2, 0.25) is 0 Å². The lowest BCUT2D eigenvalue weighted by atomic mass is 10.1. The van der Waals surface area contributed by atoms with E-state index in [0.29, 0.717) is 22.7 Å². The molecule has 1 aromatic carbocycles. The third kappa shape index (κ3) is 5.67. The first-order valence-electron chi connectivity index (χ1n) is 11.9. The van der Waals surface area contributed by atoms with Gasteiger partial charge in [-0.25, -0.2) is 14.9 Å². The summed E-state index contributed by atoms with van der Waals surface area (Å²) in [6, 6.07) is 5.90. The lowest BCUT2D eigenvalue weighted by Gasteiger charge is -2.20. The molecule has 35 heavy (non-hydrogen) atoms. The number of carbonyl (C=O) groups is 2. The topological polar surface area (TPSA) is 129 Å². The Labute approximate surface area is 207 Å². The van der Waals surface area contributed by atoms with Gasteiger partial charge in [0.15, 0.2) is 5.82 Å². The number of amides is 2. The molecule has 0 saturated carbocycles. The minimum Gasteiger partial charge on any atom is -0.343 e. The largest absolute Gasteiger partial charge is 0.343 e. The maximum absolute atomic E-state index is 12.8. The second kappa shape index (κ2) is 10.9. The first-order chi connectivity index (χ1) is 16.9. The zero-order valence-corrected chi connectivity index (χ0v) is 21.0. The Morgan fingerprint density at radius 2 is 2.11 bits per heavy atom. The van der Waals surface area contributed by atoms with Crippen molar-refractivity contribution in [3.8, 4) is 0 Å². The Morgan fingerprint density at radius 1 is 1.31 bits per heavy atom. The number of benzene rings is 1. The van der Waals surface area contributed by atoms with Crippen LogP contribution < -0.4 is 11.0 Å². The summed E-state index contributed by atoms with van der Waals surface area (Å²) in [5.41, 5.74) is 1.85. The quantitative estimate of drug-likeness (QED) is 0.395. The fourth-order valence-corrected chi connectivity index (χ4v) is 5.26. The van der Waals surface area contributed by atoms with E-state index in [1.165, 1.54) is 4.90 Å². The molecule has 0 radical (unpaired) electrons. The van der Waals surface area contributed by atoms with E-state index in [-0.39, 0.29) is 24.9 Å². The van der Waals surface area contributed by atoms with Gasteiger partial charge in [-0.15, -0.1) is 11.8 Å². The average molecular weight is 498 g/mol. The van der Waals surface area contributed by atoms with Crippen LogP contribution in [-0.2, 0) is 17.8 Å². The molecule has 0 spiro atoms. The third-order valence-electron chi connectivity index (χ3n) is 6.27. The minimum absolute atomic E-state index is 0.129. The molecule has 3 N–H and O–H groups in total. The fraction of sp³-hybridized carbons (Fsp3) is 0.458. The summed E-state index contributed by atoms with van der Waals surface area (Å²) in [6.45, 7) is 4.34. The highest BCUT2D eigenvalue weighted by Gasteiger charge is 2.22. The summed E-state index contributed by atoms with van der Waals surface area (Å²) in [5.74, 6) is 0.765. The predicted octanol–water partition coefficient (Wildman–Crippen LogP) is 2.76. The second-order valence-electron chi connectivity index (χ2n) is 8.70. The number of aromatic nitrogens is 5. The van der Waals surface area contributed by atoms with E-state index in [0.717, 1.165) is 42.5 Å². The molecule has 3 heterocycles. The highest BCUT2D eigenvalue weighted by molar-refractivity contribution is 8.03. The fourth-order valence-electron chi connectivity index (χ4n) is 4.35. The Kier molecular flexibility index (Phi) is 7.74. The highest BCUT2D eigenvalue weighted by Crippen LogP contribution is 2.31. The number of hydrogen-bond donors (Lipinski definition) is 3. The second-order valence-corrected chi connectivity index (χ2v) is 9.91. The number of nitrogens with zero attached hydrogens (tertiary/aromatic N) is 4. The molecule has 1 aliphatic rings. The van der Waals surface area contributed by atoms with Crippen molar-refractivity contribution in [1.29, 1.82) is 0 Å². The van der Waals surface area contributed by atoms with E-state index in [4.69, 9.17) is 4.98 Å². The van der Waals surface area contributed by atoms with Crippen LogP contribution in [0.25, 0.3) is 11.0 Å². The van der Waals surface area contributed by atoms with Crippen molar-refractivity contribution in [3.63, 3.8) is 0 Å². The Morgan fingerprint density at radius 3 is 2.77 bits per heavy atom. The molecule has 4 rings (SSSR count). The van der Waals surface area contributed by atoms with Gasteiger partial charge in [-0.05, 0) is 42.9 Å². The number of nitrogens with one attached hydrogen (secondary N) is 3. The van der Waals surface area contributed by atoms with Crippen molar-refractivity contribution in [2.45, 2.75) is 57.4 Å². The van der Waals surface area contributed by atoms with Crippen LogP contribution in [0.4, 0.5) is 0 Å². The number of rotatable bonds is 10. The van der Waals surface area contributed by atoms with Crippen LogP contribution >= 0.6 is 11.8 Å². The van der Waals surface area contributed by atoms with Gasteiger partial charge in [-0.2, -0.15) is 5.10 Å². The number of thioether (sulfide) groups is 1. The van der Waals surface area contributed by atoms with Crippen LogP contribution in [-0.4, -0.2) is 60.3 Å². The summed E-state index contributed by atoms with van der Waals surface area (Å²) >= 11 is 1.85. The van der Waals surface area contributed by atoms with Crippen LogP contribution in [0.5, 0.6) is 0 Å². The van der Waals surface area contributed by atoms with E-state index in [1.807, 2.05) is 17.8 Å². The van der Waals surface area contributed by atoms with Crippen LogP contribution in [0.1, 0.15) is 61.2 Å². The monoisotopic (exact) mass is 497 g/mol. The molecule has 0 fully saturated rings. The molecule has 0 bridgehead atoms. The maximum Gasteiger partial charge on any atom is 0.340 e. The van der Waals surface area contributed by atoms with Gasteiger partial charge >= 0.3 is 5.69 Å². The Hall–Kier alpha value is -3.34. The number of imidazole rings is 1. The first-order valence-corrected chi connectivity index (χ1v) is 12.8. The molecule has 0 aliphatic carbocycles. The molecular weight excluding hydrogens is 466 g/mol. The van der Waals surface area contributed by atoms with Crippen LogP contribution in [0.3, 0.4) is 0 Å². The van der Waals surface area contributed by atoms with Gasteiger partial charge in [0.1, 0.15) is 5.82 Å². The molecule has 2 aromatic heterocycles. The van der Waals surface area contributed by atoms with Crippen molar-refractivity contribution < 1.29 is 9.59 Å². The summed E-state index contributed by atoms with van der Waals surface area (Å²) in [5, 5.41) is 11.4. The number of hydrogen-bond acceptors (Lipinski definition) is 6. The van der Waals surface area contributed by atoms with E-state index in [9.17, 15) is 14.4 Å².